The molecule has 0 N–H and O–H groups in total. The Kier molecular flexibility index (Phi) is 9.55. The molecular formula is C29H44N2. The molecule has 0 radical (unpaired) electrons. The van der Waals surface area contributed by atoms with E-state index in [1.807, 2.05) is 12.4 Å². The molecule has 1 aliphatic carbocycles. The Labute approximate surface area is 191 Å². The fraction of sp³-hybridized carbons (Fsp3) is 0.655. The summed E-state index contributed by atoms with van der Waals surface area (Å²) >= 11 is 0. The van der Waals surface area contributed by atoms with Gasteiger partial charge in [-0.15, -0.1) is 0 Å². The maximum Gasteiger partial charge on any atom is 0.128 e. The van der Waals surface area contributed by atoms with Crippen LogP contribution < -0.4 is 0 Å². The van der Waals surface area contributed by atoms with E-state index in [1.54, 1.807) is 5.56 Å². The van der Waals surface area contributed by atoms with Crippen LogP contribution in [0.4, 0.5) is 0 Å². The molecule has 1 aromatic carbocycles. The van der Waals surface area contributed by atoms with Crippen LogP contribution in [0.15, 0.2) is 30.6 Å². The third kappa shape index (κ3) is 6.64. The van der Waals surface area contributed by atoms with Crippen molar-refractivity contribution in [2.45, 2.75) is 122 Å². The van der Waals surface area contributed by atoms with Gasteiger partial charge in [-0.25, -0.2) is 9.97 Å². The fourth-order valence-electron chi connectivity index (χ4n) is 5.45. The van der Waals surface area contributed by atoms with E-state index < -0.39 is 0 Å². The standard InChI is InChI=1S/C29H44N2/c1-4-6-8-9-11-15-28-30-22-25(23-31-28)27-17-16-26(21-24(27)3)29(18-12-7-5-2)19-13-10-14-20-29/h16-17,21-23H,4-15,18-20H2,1-3H3. The molecule has 1 saturated carbocycles. The van der Waals surface area contributed by atoms with Gasteiger partial charge in [0.25, 0.3) is 0 Å². The first-order chi connectivity index (χ1) is 15.2. The van der Waals surface area contributed by atoms with Gasteiger partial charge in [-0.3, -0.25) is 0 Å². The Hall–Kier alpha value is -1.70. The van der Waals surface area contributed by atoms with E-state index in [4.69, 9.17) is 0 Å². The first kappa shape index (κ1) is 24.0. The molecule has 0 saturated heterocycles. The van der Waals surface area contributed by atoms with Gasteiger partial charge in [-0.1, -0.05) is 96.3 Å². The van der Waals surface area contributed by atoms with Gasteiger partial charge in [-0.2, -0.15) is 0 Å². The van der Waals surface area contributed by atoms with Crippen molar-refractivity contribution in [3.8, 4) is 11.1 Å². The zero-order valence-electron chi connectivity index (χ0n) is 20.4. The molecule has 1 heterocycles. The minimum atomic E-state index is 0.412. The van der Waals surface area contributed by atoms with E-state index in [0.29, 0.717) is 5.41 Å². The number of hydrogen-bond acceptors (Lipinski definition) is 2. The van der Waals surface area contributed by atoms with E-state index in [9.17, 15) is 0 Å². The van der Waals surface area contributed by atoms with Crippen LogP contribution in [0.2, 0.25) is 0 Å². The molecule has 0 atom stereocenters. The molecule has 0 unspecified atom stereocenters. The minimum absolute atomic E-state index is 0.412. The molecule has 0 spiro atoms. The van der Waals surface area contributed by atoms with Gasteiger partial charge in [0.2, 0.25) is 0 Å². The second-order valence-electron chi connectivity index (χ2n) is 9.88. The van der Waals surface area contributed by atoms with Crippen LogP contribution in [0, 0.1) is 6.92 Å². The van der Waals surface area contributed by atoms with E-state index in [-0.39, 0.29) is 0 Å². The highest BCUT2D eigenvalue weighted by Gasteiger charge is 2.33. The van der Waals surface area contributed by atoms with Gasteiger partial charge in [0.05, 0.1) is 0 Å². The van der Waals surface area contributed by atoms with E-state index >= 15 is 0 Å². The van der Waals surface area contributed by atoms with Gasteiger partial charge in [0, 0.05) is 24.4 Å². The Balaban J connectivity index is 1.69. The summed E-state index contributed by atoms with van der Waals surface area (Å²) in [5, 5.41) is 0. The zero-order chi connectivity index (χ0) is 21.9. The molecular weight excluding hydrogens is 376 g/mol. The third-order valence-corrected chi connectivity index (χ3v) is 7.43. The van der Waals surface area contributed by atoms with Crippen molar-refractivity contribution < 1.29 is 0 Å². The second kappa shape index (κ2) is 12.4. The number of unbranched alkanes of at least 4 members (excludes halogenated alkanes) is 6. The summed E-state index contributed by atoms with van der Waals surface area (Å²) in [5.41, 5.74) is 5.80. The maximum absolute atomic E-state index is 4.68. The van der Waals surface area contributed by atoms with Gasteiger partial charge in [-0.05, 0) is 54.7 Å². The summed E-state index contributed by atoms with van der Waals surface area (Å²) in [5.74, 6) is 0.992. The average Bonchev–Trinajstić information content (AvgIpc) is 2.80. The molecule has 31 heavy (non-hydrogen) atoms. The molecule has 1 fully saturated rings. The molecule has 0 amide bonds. The number of hydrogen-bond donors (Lipinski definition) is 0. The van der Waals surface area contributed by atoms with Crippen LogP contribution in [0.3, 0.4) is 0 Å². The first-order valence-corrected chi connectivity index (χ1v) is 13.1. The molecule has 1 aliphatic rings. The van der Waals surface area contributed by atoms with E-state index in [2.05, 4.69) is 48.9 Å². The van der Waals surface area contributed by atoms with Crippen LogP contribution in [-0.4, -0.2) is 9.97 Å². The summed E-state index contributed by atoms with van der Waals surface area (Å²) in [7, 11) is 0. The van der Waals surface area contributed by atoms with E-state index in [0.717, 1.165) is 17.8 Å². The second-order valence-corrected chi connectivity index (χ2v) is 9.88. The lowest BCUT2D eigenvalue weighted by Crippen LogP contribution is -2.29. The van der Waals surface area contributed by atoms with E-state index in [1.165, 1.54) is 101 Å². The summed E-state index contributed by atoms with van der Waals surface area (Å²) in [6.07, 6.45) is 23.9. The normalized spacial score (nSPS) is 15.8. The summed E-state index contributed by atoms with van der Waals surface area (Å²) < 4.78 is 0. The number of aryl methyl sites for hydroxylation is 2. The Bertz CT molecular complexity index is 772. The topological polar surface area (TPSA) is 25.8 Å². The zero-order valence-corrected chi connectivity index (χ0v) is 20.4. The fourth-order valence-corrected chi connectivity index (χ4v) is 5.45. The Morgan fingerprint density at radius 3 is 2.16 bits per heavy atom. The smallest absolute Gasteiger partial charge is 0.128 e. The van der Waals surface area contributed by atoms with Crippen LogP contribution in [0.25, 0.3) is 11.1 Å². The molecule has 3 rings (SSSR count). The SMILES string of the molecule is CCCCCCCc1ncc(-c2ccc(C3(CCCCC)CCCCC3)cc2C)cn1. The predicted molar refractivity (Wildman–Crippen MR) is 134 cm³/mol. The molecule has 2 heteroatoms. The van der Waals surface area contributed by atoms with Crippen molar-refractivity contribution in [3.63, 3.8) is 0 Å². The number of rotatable bonds is 12. The molecule has 0 aliphatic heterocycles. The Morgan fingerprint density at radius 1 is 0.806 bits per heavy atom. The predicted octanol–water partition coefficient (Wildman–Crippen LogP) is 8.75. The molecule has 2 aromatic rings. The minimum Gasteiger partial charge on any atom is -0.241 e. The van der Waals surface area contributed by atoms with Crippen LogP contribution >= 0.6 is 0 Å². The summed E-state index contributed by atoms with van der Waals surface area (Å²) in [6, 6.07) is 7.24. The highest BCUT2D eigenvalue weighted by atomic mass is 14.9. The van der Waals surface area contributed by atoms with Crippen molar-refractivity contribution >= 4 is 0 Å². The average molecular weight is 421 g/mol. The lowest BCUT2D eigenvalue weighted by molar-refractivity contribution is 0.266. The van der Waals surface area contributed by atoms with Crippen molar-refractivity contribution in [3.05, 3.63) is 47.5 Å². The summed E-state index contributed by atoms with van der Waals surface area (Å²) in [6.45, 7) is 6.84. The monoisotopic (exact) mass is 420 g/mol. The largest absolute Gasteiger partial charge is 0.241 e. The highest BCUT2D eigenvalue weighted by Crippen LogP contribution is 2.44. The number of nitrogens with zero attached hydrogens (tertiary/aromatic N) is 2. The van der Waals surface area contributed by atoms with Crippen molar-refractivity contribution in [1.82, 2.24) is 9.97 Å². The first-order valence-electron chi connectivity index (χ1n) is 13.1. The number of aromatic nitrogens is 2. The quantitative estimate of drug-likeness (QED) is 0.321. The third-order valence-electron chi connectivity index (χ3n) is 7.43. The lowest BCUT2D eigenvalue weighted by Gasteiger charge is -2.38. The van der Waals surface area contributed by atoms with Crippen LogP contribution in [0.1, 0.15) is 121 Å². The molecule has 0 bridgehead atoms. The van der Waals surface area contributed by atoms with Gasteiger partial charge < -0.3 is 0 Å². The number of benzene rings is 1. The van der Waals surface area contributed by atoms with Gasteiger partial charge in [0.15, 0.2) is 0 Å². The lowest BCUT2D eigenvalue weighted by atomic mass is 9.66. The maximum atomic E-state index is 4.68. The van der Waals surface area contributed by atoms with Gasteiger partial charge >= 0.3 is 0 Å². The highest BCUT2D eigenvalue weighted by molar-refractivity contribution is 5.66. The molecule has 170 valence electrons. The van der Waals surface area contributed by atoms with Gasteiger partial charge in [0.1, 0.15) is 5.82 Å². The van der Waals surface area contributed by atoms with Crippen LogP contribution in [0.5, 0.6) is 0 Å². The Morgan fingerprint density at radius 2 is 1.48 bits per heavy atom. The van der Waals surface area contributed by atoms with Crippen molar-refractivity contribution in [1.29, 1.82) is 0 Å². The summed E-state index contributed by atoms with van der Waals surface area (Å²) in [4.78, 5) is 9.36. The van der Waals surface area contributed by atoms with Crippen molar-refractivity contribution in [2.75, 3.05) is 0 Å². The molecule has 2 nitrogen and oxygen atoms in total. The van der Waals surface area contributed by atoms with Crippen molar-refractivity contribution in [2.24, 2.45) is 0 Å². The van der Waals surface area contributed by atoms with Crippen LogP contribution in [-0.2, 0) is 11.8 Å². The molecule has 1 aromatic heterocycles.